The number of amides is 1. The van der Waals surface area contributed by atoms with Gasteiger partial charge in [0, 0.05) is 41.1 Å². The Labute approximate surface area is 201 Å². The zero-order valence-electron chi connectivity index (χ0n) is 17.5. The number of ether oxygens (including phenoxy) is 1. The second-order valence-corrected chi connectivity index (χ2v) is 10.4. The van der Waals surface area contributed by atoms with Gasteiger partial charge in [0.05, 0.1) is 23.8 Å². The lowest BCUT2D eigenvalue weighted by Gasteiger charge is -2.29. The highest BCUT2D eigenvalue weighted by molar-refractivity contribution is 7.99. The van der Waals surface area contributed by atoms with Crippen LogP contribution in [0, 0.1) is 0 Å². The number of thioether (sulfide) groups is 1. The molecule has 0 bridgehead atoms. The Bertz CT molecular complexity index is 958. The van der Waals surface area contributed by atoms with Crippen LogP contribution in [-0.4, -0.2) is 58.6 Å². The molecule has 2 aromatic carbocycles. The van der Waals surface area contributed by atoms with Crippen molar-refractivity contribution in [1.82, 2.24) is 4.90 Å². The Morgan fingerprint density at radius 1 is 1.15 bits per heavy atom. The van der Waals surface area contributed by atoms with Crippen LogP contribution < -0.4 is 10.5 Å². The fraction of sp³-hybridized carbons (Fsp3) is 0.381. The largest absolute Gasteiger partial charge is 0.475 e. The Balaban J connectivity index is 1.83. The van der Waals surface area contributed by atoms with Crippen LogP contribution >= 0.6 is 23.7 Å². The molecular weight excluding hydrogens is 495 g/mol. The highest BCUT2D eigenvalue weighted by Gasteiger charge is 2.39. The minimum atomic E-state index is -4.92. The lowest BCUT2D eigenvalue weighted by atomic mass is 10.2. The summed E-state index contributed by atoms with van der Waals surface area (Å²) in [7, 11) is -3.25. The average molecular weight is 520 g/mol. The molecule has 0 aliphatic carbocycles. The maximum atomic E-state index is 13.3. The van der Waals surface area contributed by atoms with E-state index in [0.29, 0.717) is 37.0 Å². The lowest BCUT2D eigenvalue weighted by Crippen LogP contribution is -2.43. The summed E-state index contributed by atoms with van der Waals surface area (Å²) in [4.78, 5) is 15.5. The molecule has 3 N–H and O–H groups in total. The molecular formula is C21H24F3N3O3S3. The van der Waals surface area contributed by atoms with Gasteiger partial charge in [-0.1, -0.05) is 18.2 Å². The third-order valence-electron chi connectivity index (χ3n) is 4.84. The molecule has 1 aliphatic rings. The first-order valence-corrected chi connectivity index (χ1v) is 13.1. The van der Waals surface area contributed by atoms with E-state index in [1.54, 1.807) is 11.0 Å². The van der Waals surface area contributed by atoms with Crippen LogP contribution in [0.4, 0.5) is 18.9 Å². The van der Waals surface area contributed by atoms with Gasteiger partial charge in [-0.25, -0.2) is 4.21 Å². The summed E-state index contributed by atoms with van der Waals surface area (Å²) in [5, 5.41) is 8.54. The number of rotatable bonds is 9. The van der Waals surface area contributed by atoms with Gasteiger partial charge in [-0.05, 0) is 42.3 Å². The predicted molar refractivity (Wildman–Crippen MR) is 126 cm³/mol. The molecule has 2 atom stereocenters. The fourth-order valence-electron chi connectivity index (χ4n) is 3.21. The number of carbonyl (C=O) groups is 1. The number of anilines is 1. The standard InChI is InChI=1S/C21H24F3N3O3S3/c22-21(23,24)33(29)19-13-17(32-25)6-7-18(19)26-15(14-31-16-4-2-1-3-5-16)12-20(28)27-8-10-30-11-9-27/h1-7,13,15,26H,8-12,14,25H2. The molecule has 180 valence electrons. The number of nitrogens with zero attached hydrogens (tertiary/aromatic N) is 1. The molecule has 3 rings (SSSR count). The third-order valence-corrected chi connectivity index (χ3v) is 7.70. The van der Waals surface area contributed by atoms with E-state index < -0.39 is 27.2 Å². The summed E-state index contributed by atoms with van der Waals surface area (Å²) in [6, 6.07) is 13.1. The van der Waals surface area contributed by atoms with E-state index in [1.807, 2.05) is 30.3 Å². The first kappa shape index (κ1) is 25.9. The van der Waals surface area contributed by atoms with Gasteiger partial charge in [0.25, 0.3) is 0 Å². The van der Waals surface area contributed by atoms with E-state index >= 15 is 0 Å². The Kier molecular flexibility index (Phi) is 9.50. The van der Waals surface area contributed by atoms with Gasteiger partial charge in [0.15, 0.2) is 10.8 Å². The van der Waals surface area contributed by atoms with Crippen molar-refractivity contribution in [1.29, 1.82) is 0 Å². The Morgan fingerprint density at radius 3 is 2.48 bits per heavy atom. The molecule has 1 fully saturated rings. The second-order valence-electron chi connectivity index (χ2n) is 7.15. The number of nitrogens with two attached hydrogens (primary N) is 1. The minimum Gasteiger partial charge on any atom is -0.380 e. The van der Waals surface area contributed by atoms with E-state index in [1.165, 1.54) is 23.9 Å². The van der Waals surface area contributed by atoms with Crippen molar-refractivity contribution in [2.45, 2.75) is 32.7 Å². The van der Waals surface area contributed by atoms with Crippen molar-refractivity contribution >= 4 is 46.1 Å². The minimum absolute atomic E-state index is 0.0666. The van der Waals surface area contributed by atoms with Crippen LogP contribution in [0.3, 0.4) is 0 Å². The van der Waals surface area contributed by atoms with Crippen LogP contribution in [0.2, 0.25) is 0 Å². The summed E-state index contributed by atoms with van der Waals surface area (Å²) in [5.41, 5.74) is -4.86. The van der Waals surface area contributed by atoms with Gasteiger partial charge in [-0.3, -0.25) is 9.93 Å². The molecule has 2 aromatic rings. The fourth-order valence-corrected chi connectivity index (χ4v) is 5.37. The van der Waals surface area contributed by atoms with Crippen LogP contribution in [0.1, 0.15) is 6.42 Å². The Hall–Kier alpha value is -1.73. The van der Waals surface area contributed by atoms with Crippen molar-refractivity contribution in [2.24, 2.45) is 5.14 Å². The number of hydrogen-bond acceptors (Lipinski definition) is 7. The molecule has 0 radical (unpaired) electrons. The summed E-state index contributed by atoms with van der Waals surface area (Å²) in [6.07, 6.45) is 0.0747. The first-order valence-electron chi connectivity index (χ1n) is 10.1. The van der Waals surface area contributed by atoms with Crippen molar-refractivity contribution in [3.05, 3.63) is 48.5 Å². The number of hydrogen-bond donors (Lipinski definition) is 2. The van der Waals surface area contributed by atoms with E-state index in [0.717, 1.165) is 16.8 Å². The smallest absolute Gasteiger partial charge is 0.380 e. The van der Waals surface area contributed by atoms with Gasteiger partial charge in [-0.2, -0.15) is 13.2 Å². The number of morpholine rings is 1. The summed E-state index contributed by atoms with van der Waals surface area (Å²) < 4.78 is 57.3. The summed E-state index contributed by atoms with van der Waals surface area (Å²) >= 11 is 2.25. The molecule has 0 aromatic heterocycles. The lowest BCUT2D eigenvalue weighted by molar-refractivity contribution is -0.135. The first-order chi connectivity index (χ1) is 15.8. The predicted octanol–water partition coefficient (Wildman–Crippen LogP) is 4.10. The van der Waals surface area contributed by atoms with E-state index in [-0.39, 0.29) is 18.0 Å². The third kappa shape index (κ3) is 7.64. The molecule has 0 spiro atoms. The Morgan fingerprint density at radius 2 is 1.85 bits per heavy atom. The van der Waals surface area contributed by atoms with E-state index in [2.05, 4.69) is 5.32 Å². The average Bonchev–Trinajstić information content (AvgIpc) is 2.83. The molecule has 1 heterocycles. The maximum Gasteiger partial charge on any atom is 0.475 e. The SMILES string of the molecule is NSc1ccc(NC(CSc2ccccc2)CC(=O)N2CCOCC2)c(S(=O)C(F)(F)F)c1. The zero-order valence-corrected chi connectivity index (χ0v) is 20.0. The van der Waals surface area contributed by atoms with E-state index in [4.69, 9.17) is 9.88 Å². The van der Waals surface area contributed by atoms with Gasteiger partial charge in [-0.15, -0.1) is 11.8 Å². The molecule has 12 heteroatoms. The molecule has 1 aliphatic heterocycles. The van der Waals surface area contributed by atoms with Crippen LogP contribution in [0.15, 0.2) is 63.2 Å². The number of nitrogens with one attached hydrogen (secondary N) is 1. The highest BCUT2D eigenvalue weighted by atomic mass is 32.2. The van der Waals surface area contributed by atoms with Crippen LogP contribution in [-0.2, 0) is 20.3 Å². The number of carbonyl (C=O) groups excluding carboxylic acids is 1. The number of halogens is 3. The molecule has 2 unspecified atom stereocenters. The monoisotopic (exact) mass is 519 g/mol. The normalized spacial score (nSPS) is 16.3. The van der Waals surface area contributed by atoms with E-state index in [9.17, 15) is 22.2 Å². The van der Waals surface area contributed by atoms with Crippen molar-refractivity contribution in [3.8, 4) is 0 Å². The number of alkyl halides is 3. The van der Waals surface area contributed by atoms with Gasteiger partial charge >= 0.3 is 5.51 Å². The zero-order chi connectivity index (χ0) is 23.8. The second kappa shape index (κ2) is 12.1. The van der Waals surface area contributed by atoms with Gasteiger partial charge < -0.3 is 15.0 Å². The van der Waals surface area contributed by atoms with Gasteiger partial charge in [0.2, 0.25) is 5.91 Å². The summed E-state index contributed by atoms with van der Waals surface area (Å²) in [6.45, 7) is 1.86. The molecule has 0 saturated carbocycles. The molecule has 33 heavy (non-hydrogen) atoms. The summed E-state index contributed by atoms with van der Waals surface area (Å²) in [5.74, 6) is 0.308. The van der Waals surface area contributed by atoms with Gasteiger partial charge in [0.1, 0.15) is 0 Å². The maximum absolute atomic E-state index is 13.3. The van der Waals surface area contributed by atoms with Crippen molar-refractivity contribution in [3.63, 3.8) is 0 Å². The quantitative estimate of drug-likeness (QED) is 0.381. The number of benzene rings is 2. The highest BCUT2D eigenvalue weighted by Crippen LogP contribution is 2.34. The van der Waals surface area contributed by atoms with Crippen LogP contribution in [0.5, 0.6) is 0 Å². The molecule has 1 amide bonds. The van der Waals surface area contributed by atoms with Crippen molar-refractivity contribution in [2.75, 3.05) is 37.4 Å². The van der Waals surface area contributed by atoms with Crippen molar-refractivity contribution < 1.29 is 26.9 Å². The molecule has 1 saturated heterocycles. The molecule has 6 nitrogen and oxygen atoms in total. The van der Waals surface area contributed by atoms with Crippen LogP contribution in [0.25, 0.3) is 0 Å². The topological polar surface area (TPSA) is 84.7 Å².